The number of nitrogens with zero attached hydrogens (tertiary/aromatic N) is 4. The molecule has 16 heavy (non-hydrogen) atoms. The molecule has 0 saturated carbocycles. The number of nitrogens with one attached hydrogen (secondary N) is 1. The van der Waals surface area contributed by atoms with Crippen molar-refractivity contribution >= 4 is 5.82 Å². The van der Waals surface area contributed by atoms with E-state index in [-0.39, 0.29) is 0 Å². The van der Waals surface area contributed by atoms with Crippen molar-refractivity contribution < 1.29 is 0 Å². The number of hydrogen-bond acceptors (Lipinski definition) is 3. The number of rotatable bonds is 4. The predicted octanol–water partition coefficient (Wildman–Crippen LogP) is 1.56. The monoisotopic (exact) mass is 219 g/mol. The standard InChI is InChI=1S/C11H17N5/c1-4-16-8-9(2)11(14-16)12-7-10-5-6-15(3)13-10/h5-6,8H,4,7H2,1-3H3,(H,12,14). The first-order valence-electron chi connectivity index (χ1n) is 5.45. The summed E-state index contributed by atoms with van der Waals surface area (Å²) >= 11 is 0. The van der Waals surface area contributed by atoms with Gasteiger partial charge in [-0.3, -0.25) is 9.36 Å². The van der Waals surface area contributed by atoms with Crippen molar-refractivity contribution in [3.05, 3.63) is 29.7 Å². The summed E-state index contributed by atoms with van der Waals surface area (Å²) in [4.78, 5) is 0. The quantitative estimate of drug-likeness (QED) is 0.848. The molecule has 5 nitrogen and oxygen atoms in total. The van der Waals surface area contributed by atoms with Crippen molar-refractivity contribution in [2.45, 2.75) is 26.9 Å². The molecule has 0 unspecified atom stereocenters. The molecule has 2 heterocycles. The van der Waals surface area contributed by atoms with E-state index in [1.165, 1.54) is 0 Å². The summed E-state index contributed by atoms with van der Waals surface area (Å²) < 4.78 is 3.73. The van der Waals surface area contributed by atoms with Crippen molar-refractivity contribution in [3.63, 3.8) is 0 Å². The van der Waals surface area contributed by atoms with Crippen LogP contribution in [0.2, 0.25) is 0 Å². The predicted molar refractivity (Wildman–Crippen MR) is 63.2 cm³/mol. The Morgan fingerprint density at radius 2 is 2.19 bits per heavy atom. The van der Waals surface area contributed by atoms with Gasteiger partial charge in [0.1, 0.15) is 0 Å². The molecule has 0 spiro atoms. The van der Waals surface area contributed by atoms with Gasteiger partial charge in [-0.1, -0.05) is 0 Å². The zero-order valence-corrected chi connectivity index (χ0v) is 9.94. The molecule has 0 aliphatic carbocycles. The molecular formula is C11H17N5. The molecular weight excluding hydrogens is 202 g/mol. The van der Waals surface area contributed by atoms with Crippen molar-refractivity contribution in [1.29, 1.82) is 0 Å². The lowest BCUT2D eigenvalue weighted by molar-refractivity contribution is 0.660. The van der Waals surface area contributed by atoms with Crippen LogP contribution in [0.5, 0.6) is 0 Å². The highest BCUT2D eigenvalue weighted by Gasteiger charge is 2.04. The Hall–Kier alpha value is -1.78. The first-order chi connectivity index (χ1) is 7.69. The second kappa shape index (κ2) is 4.38. The zero-order chi connectivity index (χ0) is 11.5. The number of anilines is 1. The summed E-state index contributed by atoms with van der Waals surface area (Å²) in [7, 11) is 1.92. The molecule has 0 fully saturated rings. The van der Waals surface area contributed by atoms with Gasteiger partial charge in [0.25, 0.3) is 0 Å². The SMILES string of the molecule is CCn1cc(C)c(NCc2ccn(C)n2)n1. The number of aryl methyl sites for hydroxylation is 3. The Morgan fingerprint density at radius 3 is 2.75 bits per heavy atom. The fourth-order valence-electron chi connectivity index (χ4n) is 1.59. The Morgan fingerprint density at radius 1 is 1.38 bits per heavy atom. The van der Waals surface area contributed by atoms with Gasteiger partial charge in [-0.05, 0) is 19.9 Å². The van der Waals surface area contributed by atoms with Crippen LogP contribution in [0, 0.1) is 6.92 Å². The minimum atomic E-state index is 0.711. The third-order valence-electron chi connectivity index (χ3n) is 2.47. The minimum absolute atomic E-state index is 0.711. The molecule has 0 saturated heterocycles. The molecule has 0 bridgehead atoms. The third-order valence-corrected chi connectivity index (χ3v) is 2.47. The summed E-state index contributed by atoms with van der Waals surface area (Å²) in [6.45, 7) is 5.74. The van der Waals surface area contributed by atoms with Gasteiger partial charge in [-0.2, -0.15) is 10.2 Å². The van der Waals surface area contributed by atoms with E-state index in [9.17, 15) is 0 Å². The highest BCUT2D eigenvalue weighted by molar-refractivity contribution is 5.41. The maximum Gasteiger partial charge on any atom is 0.151 e. The molecule has 0 aliphatic rings. The minimum Gasteiger partial charge on any atom is -0.363 e. The van der Waals surface area contributed by atoms with E-state index in [4.69, 9.17) is 0 Å². The van der Waals surface area contributed by atoms with Crippen LogP contribution in [0.3, 0.4) is 0 Å². The topological polar surface area (TPSA) is 47.7 Å². The average Bonchev–Trinajstić information content (AvgIpc) is 2.82. The Bertz CT molecular complexity index is 468. The molecule has 0 aliphatic heterocycles. The van der Waals surface area contributed by atoms with E-state index >= 15 is 0 Å². The summed E-state index contributed by atoms with van der Waals surface area (Å²) in [5.41, 5.74) is 2.19. The van der Waals surface area contributed by atoms with Gasteiger partial charge in [0, 0.05) is 31.5 Å². The first-order valence-corrected chi connectivity index (χ1v) is 5.45. The molecule has 2 aromatic heterocycles. The molecule has 0 amide bonds. The summed E-state index contributed by atoms with van der Waals surface area (Å²) in [6.07, 6.45) is 3.98. The Balaban J connectivity index is 2.01. The van der Waals surface area contributed by atoms with Crippen LogP contribution in [0.4, 0.5) is 5.82 Å². The second-order valence-corrected chi connectivity index (χ2v) is 3.85. The molecule has 0 aromatic carbocycles. The van der Waals surface area contributed by atoms with Crippen molar-refractivity contribution in [2.75, 3.05) is 5.32 Å². The Labute approximate surface area is 95.1 Å². The van der Waals surface area contributed by atoms with Crippen LogP contribution in [-0.4, -0.2) is 19.6 Å². The van der Waals surface area contributed by atoms with E-state index in [0.29, 0.717) is 6.54 Å². The second-order valence-electron chi connectivity index (χ2n) is 3.85. The van der Waals surface area contributed by atoms with Crippen LogP contribution < -0.4 is 5.32 Å². The smallest absolute Gasteiger partial charge is 0.151 e. The van der Waals surface area contributed by atoms with Crippen molar-refractivity contribution in [2.24, 2.45) is 7.05 Å². The molecule has 1 N–H and O–H groups in total. The lowest BCUT2D eigenvalue weighted by atomic mass is 10.3. The van der Waals surface area contributed by atoms with Gasteiger partial charge in [-0.15, -0.1) is 0 Å². The maximum absolute atomic E-state index is 4.42. The molecule has 0 radical (unpaired) electrons. The lowest BCUT2D eigenvalue weighted by Crippen LogP contribution is -2.03. The lowest BCUT2D eigenvalue weighted by Gasteiger charge is -2.01. The fourth-order valence-corrected chi connectivity index (χ4v) is 1.59. The van der Waals surface area contributed by atoms with Crippen LogP contribution in [-0.2, 0) is 20.1 Å². The molecule has 86 valence electrons. The van der Waals surface area contributed by atoms with Crippen molar-refractivity contribution in [3.8, 4) is 0 Å². The van der Waals surface area contributed by atoms with E-state index in [1.807, 2.05) is 30.2 Å². The van der Waals surface area contributed by atoms with Gasteiger partial charge in [0.05, 0.1) is 12.2 Å². The first kappa shape index (κ1) is 10.7. The van der Waals surface area contributed by atoms with E-state index < -0.39 is 0 Å². The summed E-state index contributed by atoms with van der Waals surface area (Å²) in [5.74, 6) is 0.938. The van der Waals surface area contributed by atoms with Crippen LogP contribution in [0.1, 0.15) is 18.2 Å². The van der Waals surface area contributed by atoms with Crippen LogP contribution >= 0.6 is 0 Å². The highest BCUT2D eigenvalue weighted by Crippen LogP contribution is 2.12. The van der Waals surface area contributed by atoms with E-state index in [1.54, 1.807) is 4.68 Å². The summed E-state index contributed by atoms with van der Waals surface area (Å²) in [6, 6.07) is 2.00. The van der Waals surface area contributed by atoms with Gasteiger partial charge >= 0.3 is 0 Å². The maximum atomic E-state index is 4.42. The third kappa shape index (κ3) is 2.24. The van der Waals surface area contributed by atoms with Gasteiger partial charge in [-0.25, -0.2) is 0 Å². The number of aromatic nitrogens is 4. The average molecular weight is 219 g/mol. The van der Waals surface area contributed by atoms with Gasteiger partial charge in [0.2, 0.25) is 0 Å². The van der Waals surface area contributed by atoms with E-state index in [2.05, 4.69) is 29.4 Å². The van der Waals surface area contributed by atoms with Crippen LogP contribution in [0.25, 0.3) is 0 Å². The van der Waals surface area contributed by atoms with Gasteiger partial charge < -0.3 is 5.32 Å². The molecule has 0 atom stereocenters. The fraction of sp³-hybridized carbons (Fsp3) is 0.455. The van der Waals surface area contributed by atoms with Gasteiger partial charge in [0.15, 0.2) is 5.82 Å². The zero-order valence-electron chi connectivity index (χ0n) is 9.94. The normalized spacial score (nSPS) is 10.7. The number of hydrogen-bond donors (Lipinski definition) is 1. The Kier molecular flexibility index (Phi) is 2.94. The molecule has 5 heteroatoms. The van der Waals surface area contributed by atoms with Crippen molar-refractivity contribution in [1.82, 2.24) is 19.6 Å². The summed E-state index contributed by atoms with van der Waals surface area (Å²) in [5, 5.41) is 12.0. The molecule has 2 aromatic rings. The highest BCUT2D eigenvalue weighted by atomic mass is 15.3. The largest absolute Gasteiger partial charge is 0.363 e. The van der Waals surface area contributed by atoms with E-state index in [0.717, 1.165) is 23.6 Å². The molecule has 2 rings (SSSR count). The van der Waals surface area contributed by atoms with Crippen LogP contribution in [0.15, 0.2) is 18.5 Å².